The van der Waals surface area contributed by atoms with Gasteiger partial charge in [-0.05, 0) is 154 Å². The first-order valence-electron chi connectivity index (χ1n) is 26.1. The van der Waals surface area contributed by atoms with Crippen molar-refractivity contribution in [2.24, 2.45) is 0 Å². The maximum Gasteiger partial charge on any atom is 0.0535 e. The second kappa shape index (κ2) is 17.9. The summed E-state index contributed by atoms with van der Waals surface area (Å²) in [6.07, 6.45) is 0. The Bertz CT molecular complexity index is 4140. The third-order valence-electron chi connectivity index (χ3n) is 15.8. The minimum Gasteiger partial charge on any atom is -0.309 e. The van der Waals surface area contributed by atoms with Gasteiger partial charge in [-0.25, -0.2) is 0 Å². The maximum atomic E-state index is 2.45. The zero-order valence-corrected chi connectivity index (χ0v) is 42.0. The lowest BCUT2D eigenvalue weighted by Gasteiger charge is -2.22. The standard InChI is InChI=1S/C73H52N2/c1-73(2)65-31-19-18-30-59(65)60-39-36-56(46-66(60)73)49-32-34-55(35-33-49)72-62-41-38-57(74-67(50-20-8-3-9-21-50)42-43-68(74)51-22-10-4-11-23-51)47-63(62)71(54-28-16-7-17-29-54)61-40-37-58(48-64(61)72)75-69(52-24-12-5-13-25-52)44-45-70(75)53-26-14-6-15-27-53/h3-48H,1-2H3. The highest BCUT2D eigenvalue weighted by Gasteiger charge is 2.35. The van der Waals surface area contributed by atoms with Gasteiger partial charge in [0.25, 0.3) is 0 Å². The van der Waals surface area contributed by atoms with Gasteiger partial charge in [0.2, 0.25) is 0 Å². The van der Waals surface area contributed by atoms with Crippen molar-refractivity contribution in [3.05, 3.63) is 290 Å². The van der Waals surface area contributed by atoms with E-state index in [9.17, 15) is 0 Å². The molecule has 1 aliphatic rings. The van der Waals surface area contributed by atoms with Crippen molar-refractivity contribution in [2.75, 3.05) is 0 Å². The molecule has 0 aliphatic heterocycles. The molecule has 2 heterocycles. The monoisotopic (exact) mass is 956 g/mol. The molecule has 1 aliphatic carbocycles. The average Bonchev–Trinajstić information content (AvgIpc) is 4.21. The first kappa shape index (κ1) is 44.2. The highest BCUT2D eigenvalue weighted by atomic mass is 15.0. The van der Waals surface area contributed by atoms with Gasteiger partial charge in [-0.2, -0.15) is 0 Å². The Hall–Kier alpha value is -9.50. The van der Waals surface area contributed by atoms with Gasteiger partial charge in [-0.3, -0.25) is 0 Å². The van der Waals surface area contributed by atoms with Crippen molar-refractivity contribution in [1.29, 1.82) is 0 Å². The number of fused-ring (bicyclic) bond motifs is 5. The summed E-state index contributed by atoms with van der Waals surface area (Å²) in [6, 6.07) is 103. The summed E-state index contributed by atoms with van der Waals surface area (Å²) in [5.74, 6) is 0. The summed E-state index contributed by atoms with van der Waals surface area (Å²) in [7, 11) is 0. The smallest absolute Gasteiger partial charge is 0.0535 e. The minimum atomic E-state index is -0.0817. The molecule has 14 rings (SSSR count). The number of rotatable bonds is 9. The van der Waals surface area contributed by atoms with Gasteiger partial charge in [0.05, 0.1) is 22.8 Å². The third-order valence-corrected chi connectivity index (χ3v) is 15.8. The van der Waals surface area contributed by atoms with Crippen molar-refractivity contribution in [3.63, 3.8) is 0 Å². The van der Waals surface area contributed by atoms with E-state index in [1.807, 2.05) is 0 Å². The number of hydrogen-bond acceptors (Lipinski definition) is 0. The number of benzene rings is 11. The van der Waals surface area contributed by atoms with Crippen LogP contribution in [0.25, 0.3) is 122 Å². The van der Waals surface area contributed by atoms with Crippen LogP contribution in [0.1, 0.15) is 25.0 Å². The molecule has 2 aromatic heterocycles. The fourth-order valence-electron chi connectivity index (χ4n) is 12.2. The lowest BCUT2D eigenvalue weighted by Crippen LogP contribution is -2.14. The molecule has 75 heavy (non-hydrogen) atoms. The molecule has 13 aromatic rings. The van der Waals surface area contributed by atoms with E-state index in [-0.39, 0.29) is 5.41 Å². The molecule has 0 bridgehead atoms. The molecule has 11 aromatic carbocycles. The number of hydrogen-bond donors (Lipinski definition) is 0. The fourth-order valence-corrected chi connectivity index (χ4v) is 12.2. The van der Waals surface area contributed by atoms with E-state index >= 15 is 0 Å². The summed E-state index contributed by atoms with van der Waals surface area (Å²) in [6.45, 7) is 4.72. The van der Waals surface area contributed by atoms with Crippen molar-refractivity contribution in [1.82, 2.24) is 9.13 Å². The molecule has 0 amide bonds. The Morgan fingerprint density at radius 3 is 1.03 bits per heavy atom. The molecule has 0 radical (unpaired) electrons. The minimum absolute atomic E-state index is 0.0817. The van der Waals surface area contributed by atoms with Crippen LogP contribution in [0.15, 0.2) is 279 Å². The average molecular weight is 957 g/mol. The van der Waals surface area contributed by atoms with E-state index in [4.69, 9.17) is 0 Å². The van der Waals surface area contributed by atoms with Gasteiger partial charge in [-0.1, -0.05) is 238 Å². The summed E-state index contributed by atoms with van der Waals surface area (Å²) in [5, 5.41) is 4.78. The molecule has 0 saturated heterocycles. The van der Waals surface area contributed by atoms with Gasteiger partial charge >= 0.3 is 0 Å². The Morgan fingerprint density at radius 2 is 0.587 bits per heavy atom. The molecule has 2 heteroatoms. The summed E-state index contributed by atoms with van der Waals surface area (Å²) in [4.78, 5) is 0. The first-order valence-corrected chi connectivity index (χ1v) is 26.1. The second-order valence-electron chi connectivity index (χ2n) is 20.4. The van der Waals surface area contributed by atoms with E-state index in [2.05, 4.69) is 302 Å². The van der Waals surface area contributed by atoms with Crippen LogP contribution in [0.3, 0.4) is 0 Å². The summed E-state index contributed by atoms with van der Waals surface area (Å²) >= 11 is 0. The fraction of sp³-hybridized carbons (Fsp3) is 0.0411. The first-order chi connectivity index (χ1) is 37.0. The molecule has 0 spiro atoms. The molecular weight excluding hydrogens is 905 g/mol. The Kier molecular flexibility index (Phi) is 10.6. The van der Waals surface area contributed by atoms with Crippen LogP contribution < -0.4 is 0 Å². The molecule has 354 valence electrons. The zero-order valence-electron chi connectivity index (χ0n) is 42.0. The predicted molar refractivity (Wildman–Crippen MR) is 316 cm³/mol. The van der Waals surface area contributed by atoms with Crippen LogP contribution in [0.2, 0.25) is 0 Å². The Labute approximate surface area is 438 Å². The molecule has 0 saturated carbocycles. The van der Waals surface area contributed by atoms with E-state index in [1.54, 1.807) is 0 Å². The predicted octanol–water partition coefficient (Wildman–Crippen LogP) is 19.5. The van der Waals surface area contributed by atoms with Gasteiger partial charge in [0, 0.05) is 16.8 Å². The van der Waals surface area contributed by atoms with E-state index < -0.39 is 0 Å². The quantitative estimate of drug-likeness (QED) is 0.128. The van der Waals surface area contributed by atoms with Crippen LogP contribution in [0, 0.1) is 0 Å². The van der Waals surface area contributed by atoms with Crippen LogP contribution in [0.4, 0.5) is 0 Å². The number of nitrogens with zero attached hydrogens (tertiary/aromatic N) is 2. The Morgan fingerprint density at radius 1 is 0.240 bits per heavy atom. The van der Waals surface area contributed by atoms with E-state index in [0.29, 0.717) is 0 Å². The lowest BCUT2D eigenvalue weighted by molar-refractivity contribution is 0.660. The third kappa shape index (κ3) is 7.40. The summed E-state index contributed by atoms with van der Waals surface area (Å²) in [5.41, 5.74) is 24.0. The highest BCUT2D eigenvalue weighted by molar-refractivity contribution is 6.22. The highest BCUT2D eigenvalue weighted by Crippen LogP contribution is 2.51. The number of aromatic nitrogens is 2. The topological polar surface area (TPSA) is 9.86 Å². The van der Waals surface area contributed by atoms with Crippen molar-refractivity contribution in [3.8, 4) is 101 Å². The molecule has 0 N–H and O–H groups in total. The van der Waals surface area contributed by atoms with Crippen LogP contribution >= 0.6 is 0 Å². The molecule has 0 fully saturated rings. The molecule has 0 unspecified atom stereocenters. The van der Waals surface area contributed by atoms with Crippen molar-refractivity contribution >= 4 is 21.5 Å². The largest absolute Gasteiger partial charge is 0.309 e. The summed E-state index contributed by atoms with van der Waals surface area (Å²) < 4.78 is 4.89. The van der Waals surface area contributed by atoms with Crippen LogP contribution in [-0.4, -0.2) is 9.13 Å². The zero-order chi connectivity index (χ0) is 50.0. The SMILES string of the molecule is CC1(C)c2ccccc2-c2ccc(-c3ccc(-c4c5ccc(-n6c(-c7ccccc7)ccc6-c6ccccc6)cc5c(-c5ccccc5)c5ccc(-n6c(-c7ccccc7)ccc6-c6ccccc6)cc45)cc3)cc21. The van der Waals surface area contributed by atoms with Crippen LogP contribution in [-0.2, 0) is 5.41 Å². The van der Waals surface area contributed by atoms with Crippen molar-refractivity contribution in [2.45, 2.75) is 19.3 Å². The van der Waals surface area contributed by atoms with Gasteiger partial charge in [0.1, 0.15) is 0 Å². The molecule has 0 atom stereocenters. The van der Waals surface area contributed by atoms with Crippen LogP contribution in [0.5, 0.6) is 0 Å². The Balaban J connectivity index is 1.03. The maximum absolute atomic E-state index is 2.45. The van der Waals surface area contributed by atoms with E-state index in [1.165, 1.54) is 99.4 Å². The normalized spacial score (nSPS) is 12.5. The van der Waals surface area contributed by atoms with Crippen molar-refractivity contribution < 1.29 is 0 Å². The van der Waals surface area contributed by atoms with E-state index in [0.717, 1.165) is 34.2 Å². The second-order valence-corrected chi connectivity index (χ2v) is 20.4. The van der Waals surface area contributed by atoms with Gasteiger partial charge < -0.3 is 9.13 Å². The van der Waals surface area contributed by atoms with Gasteiger partial charge in [0.15, 0.2) is 0 Å². The molecular formula is C73H52N2. The lowest BCUT2D eigenvalue weighted by atomic mass is 9.81. The molecule has 2 nitrogen and oxygen atoms in total. The van der Waals surface area contributed by atoms with Gasteiger partial charge in [-0.15, -0.1) is 0 Å².